The minimum absolute atomic E-state index is 0.106. The number of carbonyl (C=O) groups excluding carboxylic acids is 4. The predicted molar refractivity (Wildman–Crippen MR) is 244 cm³/mol. The number of aromatic nitrogens is 4. The smallest absolute Gasteiger partial charge is 0.407 e. The second-order valence-electron chi connectivity index (χ2n) is 18.4. The molecular formula is C50H58N8O6. The Labute approximate surface area is 373 Å². The van der Waals surface area contributed by atoms with Gasteiger partial charge in [-0.15, -0.1) is 0 Å². The summed E-state index contributed by atoms with van der Waals surface area (Å²) in [5.74, 6) is 1.68. The zero-order valence-electron chi connectivity index (χ0n) is 37.4. The Bertz CT molecular complexity index is 2610. The molecule has 2 aliphatic heterocycles. The molecule has 2 bridgehead atoms. The lowest BCUT2D eigenvalue weighted by Crippen LogP contribution is -2.51. The SMILES string of the molecule is COC(=O)N[C@H](C(=O)N1CCC[C@H]1c1ncc(-c2ccc(-c3ccc(-c4ccc5nc([C@@H]6CCCN6C(=O)[C@@H](NC(=O)OC)C(C)C)[nH]c5c4)c4c3C3C=CC4CC3)cc2)[nH]1)C(C)C. The molecule has 14 heteroatoms. The van der Waals surface area contributed by atoms with Gasteiger partial charge in [0.2, 0.25) is 11.8 Å². The fourth-order valence-corrected chi connectivity index (χ4v) is 10.5. The third-order valence-electron chi connectivity index (χ3n) is 13.8. The number of aromatic amines is 2. The number of allylic oxidation sites excluding steroid dienone is 2. The maximum absolute atomic E-state index is 13.8. The first-order valence-electron chi connectivity index (χ1n) is 22.7. The number of methoxy groups -OCH3 is 2. The van der Waals surface area contributed by atoms with E-state index in [0.717, 1.165) is 83.6 Å². The van der Waals surface area contributed by atoms with Gasteiger partial charge < -0.3 is 39.9 Å². The number of nitrogens with zero attached hydrogens (tertiary/aromatic N) is 4. The number of nitrogens with one attached hydrogen (secondary N) is 4. The van der Waals surface area contributed by atoms with Crippen molar-refractivity contribution >= 4 is 35.0 Å². The van der Waals surface area contributed by atoms with Crippen LogP contribution in [0.1, 0.15) is 113 Å². The van der Waals surface area contributed by atoms with Gasteiger partial charge >= 0.3 is 12.2 Å². The maximum atomic E-state index is 13.8. The van der Waals surface area contributed by atoms with Gasteiger partial charge in [-0.25, -0.2) is 19.6 Å². The van der Waals surface area contributed by atoms with Gasteiger partial charge in [0.25, 0.3) is 0 Å². The summed E-state index contributed by atoms with van der Waals surface area (Å²) >= 11 is 0. The Hall–Kier alpha value is -6.44. The van der Waals surface area contributed by atoms with E-state index in [2.05, 4.69) is 87.4 Å². The fourth-order valence-electron chi connectivity index (χ4n) is 10.5. The first kappa shape index (κ1) is 42.8. The van der Waals surface area contributed by atoms with Crippen LogP contribution in [-0.4, -0.2) is 93.1 Å². The first-order chi connectivity index (χ1) is 30.9. The van der Waals surface area contributed by atoms with Gasteiger partial charge in [-0.3, -0.25) is 9.59 Å². The highest BCUT2D eigenvalue weighted by molar-refractivity contribution is 5.89. The molecule has 0 radical (unpaired) electrons. The summed E-state index contributed by atoms with van der Waals surface area (Å²) in [6, 6.07) is 17.8. The zero-order chi connectivity index (χ0) is 44.8. The van der Waals surface area contributed by atoms with Crippen molar-refractivity contribution in [2.75, 3.05) is 27.3 Å². The average molecular weight is 867 g/mol. The molecular weight excluding hydrogens is 809 g/mol. The number of benzene rings is 3. The number of likely N-dealkylation sites (tertiary alicyclic amines) is 2. The molecule has 2 fully saturated rings. The Morgan fingerprint density at radius 1 is 0.656 bits per heavy atom. The molecule has 2 unspecified atom stereocenters. The van der Waals surface area contributed by atoms with Gasteiger partial charge in [-0.1, -0.05) is 82.3 Å². The molecule has 4 N–H and O–H groups in total. The van der Waals surface area contributed by atoms with Gasteiger partial charge in [-0.05, 0) is 101 Å². The summed E-state index contributed by atoms with van der Waals surface area (Å²) < 4.78 is 9.61. The van der Waals surface area contributed by atoms with Crippen molar-refractivity contribution in [3.63, 3.8) is 0 Å². The number of imidazole rings is 2. The van der Waals surface area contributed by atoms with Crippen LogP contribution in [0.3, 0.4) is 0 Å². The van der Waals surface area contributed by atoms with E-state index in [-0.39, 0.29) is 35.7 Å². The third kappa shape index (κ3) is 7.91. The van der Waals surface area contributed by atoms with Gasteiger partial charge in [0.15, 0.2) is 0 Å². The molecule has 3 aromatic carbocycles. The number of rotatable bonds is 11. The molecule has 0 saturated carbocycles. The van der Waals surface area contributed by atoms with Crippen molar-refractivity contribution in [1.82, 2.24) is 40.4 Å². The lowest BCUT2D eigenvalue weighted by molar-refractivity contribution is -0.136. The topological polar surface area (TPSA) is 175 Å². The van der Waals surface area contributed by atoms with Crippen LogP contribution in [0, 0.1) is 11.8 Å². The summed E-state index contributed by atoms with van der Waals surface area (Å²) in [4.78, 5) is 72.2. The van der Waals surface area contributed by atoms with Crippen LogP contribution in [0.5, 0.6) is 0 Å². The molecule has 334 valence electrons. The van der Waals surface area contributed by atoms with Crippen LogP contribution < -0.4 is 10.6 Å². The molecule has 2 aromatic heterocycles. The molecule has 64 heavy (non-hydrogen) atoms. The standard InChI is InChI=1S/C50H58N8O6/c1-27(2)43(55-49(61)63-5)47(59)57-23-7-9-39(57)45-51-26-38(54-45)30-13-11-29(12-14-30)34-20-21-35(42-32-17-15-31(16-18-32)41(34)42)33-19-22-36-37(25-33)53-46(52-36)40-10-8-24-58(40)48(60)44(28(3)4)56-50(62)64-6/h11-15,17,19-22,25-28,31-32,39-40,43-44H,7-10,16,18,23-24H2,1-6H3,(H,51,54)(H,52,53)(H,55,61)(H,56,62)/t31?,32?,39-,40-,43-,44-/m0/s1. The summed E-state index contributed by atoms with van der Waals surface area (Å²) in [6.07, 6.45) is 10.9. The molecule has 4 amide bonds. The lowest BCUT2D eigenvalue weighted by atomic mass is 9.67. The van der Waals surface area contributed by atoms with Crippen molar-refractivity contribution in [3.8, 4) is 33.5 Å². The largest absolute Gasteiger partial charge is 0.453 e. The van der Waals surface area contributed by atoms with Crippen molar-refractivity contribution in [2.45, 2.75) is 102 Å². The molecule has 3 aliphatic carbocycles. The molecule has 0 spiro atoms. The normalized spacial score (nSPS) is 21.1. The zero-order valence-corrected chi connectivity index (χ0v) is 37.4. The quantitative estimate of drug-likeness (QED) is 0.0953. The van der Waals surface area contributed by atoms with Gasteiger partial charge in [-0.2, -0.15) is 0 Å². The van der Waals surface area contributed by atoms with E-state index in [0.29, 0.717) is 24.9 Å². The molecule has 10 rings (SSSR count). The summed E-state index contributed by atoms with van der Waals surface area (Å²) in [6.45, 7) is 8.86. The monoisotopic (exact) mass is 866 g/mol. The van der Waals surface area contributed by atoms with E-state index in [9.17, 15) is 19.2 Å². The number of H-pyrrole nitrogens is 2. The maximum Gasteiger partial charge on any atom is 0.407 e. The van der Waals surface area contributed by atoms with E-state index in [1.165, 1.54) is 36.5 Å². The van der Waals surface area contributed by atoms with Crippen LogP contribution in [0.4, 0.5) is 9.59 Å². The van der Waals surface area contributed by atoms with Gasteiger partial charge in [0.1, 0.15) is 23.7 Å². The number of carbonyl (C=O) groups is 4. The van der Waals surface area contributed by atoms with Crippen molar-refractivity contribution in [3.05, 3.63) is 95.7 Å². The summed E-state index contributed by atoms with van der Waals surface area (Å²) in [7, 11) is 2.60. The van der Waals surface area contributed by atoms with Crippen LogP contribution in [0.25, 0.3) is 44.5 Å². The second-order valence-corrected chi connectivity index (χ2v) is 18.4. The van der Waals surface area contributed by atoms with Crippen LogP contribution in [0.15, 0.2) is 72.9 Å². The van der Waals surface area contributed by atoms with Crippen LogP contribution in [0.2, 0.25) is 0 Å². The van der Waals surface area contributed by atoms with Gasteiger partial charge in [0, 0.05) is 24.9 Å². The van der Waals surface area contributed by atoms with Crippen molar-refractivity contribution in [1.29, 1.82) is 0 Å². The highest BCUT2D eigenvalue weighted by atomic mass is 16.5. The van der Waals surface area contributed by atoms with E-state index in [1.807, 2.05) is 43.7 Å². The number of hydrogen-bond acceptors (Lipinski definition) is 8. The number of hydrogen-bond donors (Lipinski definition) is 4. The highest BCUT2D eigenvalue weighted by Crippen LogP contribution is 2.52. The number of fused-ring (bicyclic) bond motifs is 2. The molecule has 6 atom stereocenters. The Kier molecular flexibility index (Phi) is 11.8. The number of alkyl carbamates (subject to hydrolysis) is 2. The predicted octanol–water partition coefficient (Wildman–Crippen LogP) is 8.91. The minimum atomic E-state index is -0.693. The van der Waals surface area contributed by atoms with E-state index < -0.39 is 24.3 Å². The summed E-state index contributed by atoms with van der Waals surface area (Å²) in [5, 5.41) is 5.46. The number of ether oxygens (including phenoxy) is 2. The lowest BCUT2D eigenvalue weighted by Gasteiger charge is -2.37. The van der Waals surface area contributed by atoms with Crippen molar-refractivity contribution in [2.24, 2.45) is 11.8 Å². The Morgan fingerprint density at radius 3 is 1.70 bits per heavy atom. The summed E-state index contributed by atoms with van der Waals surface area (Å²) in [5.41, 5.74) is 11.2. The molecule has 5 aliphatic rings. The van der Waals surface area contributed by atoms with Gasteiger partial charge in [0.05, 0.1) is 49.2 Å². The van der Waals surface area contributed by atoms with Crippen molar-refractivity contribution < 1.29 is 28.7 Å². The van der Waals surface area contributed by atoms with E-state index in [1.54, 1.807) is 0 Å². The first-order valence-corrected chi connectivity index (χ1v) is 22.7. The Balaban J connectivity index is 0.963. The average Bonchev–Trinajstić information content (AvgIpc) is 4.16. The molecule has 5 aromatic rings. The molecule has 4 heterocycles. The van der Waals surface area contributed by atoms with Crippen LogP contribution in [-0.2, 0) is 19.1 Å². The second kappa shape index (κ2) is 17.6. The minimum Gasteiger partial charge on any atom is -0.453 e. The van der Waals surface area contributed by atoms with E-state index >= 15 is 0 Å². The fraction of sp³-hybridized carbons (Fsp3) is 0.440. The molecule has 2 saturated heterocycles. The third-order valence-corrected chi connectivity index (χ3v) is 13.8. The Morgan fingerprint density at radius 2 is 1.17 bits per heavy atom. The molecule has 14 nitrogen and oxygen atoms in total. The number of amides is 4. The van der Waals surface area contributed by atoms with Crippen LogP contribution >= 0.6 is 0 Å². The van der Waals surface area contributed by atoms with E-state index in [4.69, 9.17) is 19.4 Å². The highest BCUT2D eigenvalue weighted by Gasteiger charge is 2.40.